The largest absolute Gasteiger partial charge is 0.389 e. The van der Waals surface area contributed by atoms with Crippen LogP contribution in [0.25, 0.3) is 0 Å². The maximum atomic E-state index is 10.8. The minimum Gasteiger partial charge on any atom is -0.389 e. The zero-order chi connectivity index (χ0) is 14.0. The Kier molecular flexibility index (Phi) is 4.78. The molecule has 1 saturated heterocycles. The monoisotopic (exact) mass is 302 g/mol. The minimum atomic E-state index is -0.776. The fourth-order valence-corrected chi connectivity index (χ4v) is 3.09. The Morgan fingerprint density at radius 3 is 2.58 bits per heavy atom. The van der Waals surface area contributed by atoms with E-state index >= 15 is 0 Å². The molecule has 0 bridgehead atoms. The van der Waals surface area contributed by atoms with E-state index in [4.69, 9.17) is 27.9 Å². The third-order valence-electron chi connectivity index (χ3n) is 3.79. The SMILES string of the molecule is CC(C)C1CC(O)(Cc2c(Cl)cccc2Cl)CCO1. The van der Waals surface area contributed by atoms with E-state index in [-0.39, 0.29) is 6.10 Å². The Hall–Kier alpha value is -0.280. The van der Waals surface area contributed by atoms with Gasteiger partial charge in [-0.1, -0.05) is 43.1 Å². The van der Waals surface area contributed by atoms with Gasteiger partial charge in [0, 0.05) is 29.5 Å². The standard InChI is InChI=1S/C15H20Cl2O2/c1-10(2)14-9-15(18,6-7-19-14)8-11-12(16)4-3-5-13(11)17/h3-5,10,14,18H,6-9H2,1-2H3. The number of hydrogen-bond acceptors (Lipinski definition) is 2. The van der Waals surface area contributed by atoms with Crippen molar-refractivity contribution in [2.45, 2.75) is 44.8 Å². The van der Waals surface area contributed by atoms with E-state index in [0.29, 0.717) is 41.8 Å². The topological polar surface area (TPSA) is 29.5 Å². The van der Waals surface area contributed by atoms with Crippen molar-refractivity contribution < 1.29 is 9.84 Å². The molecule has 0 saturated carbocycles. The Balaban J connectivity index is 2.17. The molecule has 1 N–H and O–H groups in total. The number of hydrogen-bond donors (Lipinski definition) is 1. The zero-order valence-corrected chi connectivity index (χ0v) is 12.8. The second-order valence-electron chi connectivity index (χ2n) is 5.71. The molecule has 4 heteroatoms. The summed E-state index contributed by atoms with van der Waals surface area (Å²) in [6.45, 7) is 4.80. The number of rotatable bonds is 3. The predicted octanol–water partition coefficient (Wildman–Crippen LogP) is 4.10. The Morgan fingerprint density at radius 2 is 2.00 bits per heavy atom. The predicted molar refractivity (Wildman–Crippen MR) is 78.9 cm³/mol. The van der Waals surface area contributed by atoms with Gasteiger partial charge in [-0.05, 0) is 30.0 Å². The first-order valence-corrected chi connectivity index (χ1v) is 7.44. The smallest absolute Gasteiger partial charge is 0.0735 e. The van der Waals surface area contributed by atoms with Gasteiger partial charge >= 0.3 is 0 Å². The zero-order valence-electron chi connectivity index (χ0n) is 11.3. The van der Waals surface area contributed by atoms with Crippen LogP contribution >= 0.6 is 23.2 Å². The molecule has 2 nitrogen and oxygen atoms in total. The van der Waals surface area contributed by atoms with Gasteiger partial charge in [0.2, 0.25) is 0 Å². The summed E-state index contributed by atoms with van der Waals surface area (Å²) in [6.07, 6.45) is 1.84. The summed E-state index contributed by atoms with van der Waals surface area (Å²) in [4.78, 5) is 0. The van der Waals surface area contributed by atoms with Crippen molar-refractivity contribution in [3.8, 4) is 0 Å². The molecule has 1 fully saturated rings. The second-order valence-corrected chi connectivity index (χ2v) is 6.52. The van der Waals surface area contributed by atoms with Gasteiger partial charge in [0.05, 0.1) is 11.7 Å². The van der Waals surface area contributed by atoms with Crippen molar-refractivity contribution in [1.82, 2.24) is 0 Å². The third kappa shape index (κ3) is 3.63. The molecule has 1 aliphatic heterocycles. The van der Waals surface area contributed by atoms with Crippen LogP contribution in [0.15, 0.2) is 18.2 Å². The summed E-state index contributed by atoms with van der Waals surface area (Å²) in [5, 5.41) is 12.0. The third-order valence-corrected chi connectivity index (χ3v) is 4.50. The highest BCUT2D eigenvalue weighted by atomic mass is 35.5. The van der Waals surface area contributed by atoms with Crippen molar-refractivity contribution in [2.24, 2.45) is 5.92 Å². The van der Waals surface area contributed by atoms with Gasteiger partial charge in [0.1, 0.15) is 0 Å². The van der Waals surface area contributed by atoms with Crippen molar-refractivity contribution in [3.05, 3.63) is 33.8 Å². The van der Waals surface area contributed by atoms with Crippen LogP contribution in [0.2, 0.25) is 10.0 Å². The molecule has 1 aliphatic rings. The van der Waals surface area contributed by atoms with Gasteiger partial charge in [-0.2, -0.15) is 0 Å². The minimum absolute atomic E-state index is 0.0972. The maximum Gasteiger partial charge on any atom is 0.0735 e. The average Bonchev–Trinajstić information content (AvgIpc) is 2.34. The molecule has 19 heavy (non-hydrogen) atoms. The summed E-state index contributed by atoms with van der Waals surface area (Å²) < 4.78 is 5.71. The van der Waals surface area contributed by atoms with Crippen LogP contribution < -0.4 is 0 Å². The lowest BCUT2D eigenvalue weighted by atomic mass is 9.82. The van der Waals surface area contributed by atoms with Crippen molar-refractivity contribution in [2.75, 3.05) is 6.61 Å². The van der Waals surface area contributed by atoms with Gasteiger partial charge in [-0.3, -0.25) is 0 Å². The van der Waals surface area contributed by atoms with Gasteiger partial charge in [0.25, 0.3) is 0 Å². The lowest BCUT2D eigenvalue weighted by molar-refractivity contribution is -0.116. The summed E-state index contributed by atoms with van der Waals surface area (Å²) in [5.74, 6) is 0.397. The molecule has 0 amide bonds. The Morgan fingerprint density at radius 1 is 1.37 bits per heavy atom. The summed E-state index contributed by atoms with van der Waals surface area (Å²) in [5.41, 5.74) is 0.0553. The van der Waals surface area contributed by atoms with Crippen LogP contribution in [0.1, 0.15) is 32.3 Å². The van der Waals surface area contributed by atoms with Gasteiger partial charge in [-0.15, -0.1) is 0 Å². The Bertz CT molecular complexity index is 428. The first kappa shape index (κ1) is 15.1. The molecule has 0 radical (unpaired) electrons. The maximum absolute atomic E-state index is 10.8. The molecule has 1 aromatic carbocycles. The van der Waals surface area contributed by atoms with E-state index in [0.717, 1.165) is 5.56 Å². The highest BCUT2D eigenvalue weighted by Crippen LogP contribution is 2.35. The average molecular weight is 303 g/mol. The van der Waals surface area contributed by atoms with Crippen LogP contribution in [0.4, 0.5) is 0 Å². The highest BCUT2D eigenvalue weighted by molar-refractivity contribution is 6.36. The number of benzene rings is 1. The lowest BCUT2D eigenvalue weighted by Gasteiger charge is -2.39. The summed E-state index contributed by atoms with van der Waals surface area (Å²) in [6, 6.07) is 5.44. The van der Waals surface area contributed by atoms with E-state index < -0.39 is 5.60 Å². The summed E-state index contributed by atoms with van der Waals surface area (Å²) >= 11 is 12.4. The van der Waals surface area contributed by atoms with Crippen LogP contribution in [-0.4, -0.2) is 23.4 Å². The lowest BCUT2D eigenvalue weighted by Crippen LogP contribution is -2.44. The molecule has 2 atom stereocenters. The van der Waals surface area contributed by atoms with Crippen molar-refractivity contribution in [3.63, 3.8) is 0 Å². The molecule has 0 aromatic heterocycles. The first-order chi connectivity index (χ1) is 8.91. The van der Waals surface area contributed by atoms with Crippen LogP contribution in [0.3, 0.4) is 0 Å². The fraction of sp³-hybridized carbons (Fsp3) is 0.600. The summed E-state index contributed by atoms with van der Waals surface area (Å²) in [7, 11) is 0. The Labute approximate surface area is 124 Å². The molecule has 106 valence electrons. The van der Waals surface area contributed by atoms with E-state index in [1.165, 1.54) is 0 Å². The molecular formula is C15H20Cl2O2. The van der Waals surface area contributed by atoms with E-state index in [1.807, 2.05) is 18.2 Å². The number of aliphatic hydroxyl groups is 1. The molecule has 1 heterocycles. The number of halogens is 2. The van der Waals surface area contributed by atoms with Crippen LogP contribution in [-0.2, 0) is 11.2 Å². The normalized spacial score (nSPS) is 27.8. The molecule has 2 rings (SSSR count). The van der Waals surface area contributed by atoms with Crippen molar-refractivity contribution >= 4 is 23.2 Å². The molecule has 2 unspecified atom stereocenters. The first-order valence-electron chi connectivity index (χ1n) is 6.68. The van der Waals surface area contributed by atoms with E-state index in [9.17, 15) is 5.11 Å². The van der Waals surface area contributed by atoms with Gasteiger partial charge < -0.3 is 9.84 Å². The molecule has 0 aliphatic carbocycles. The molecule has 0 spiro atoms. The van der Waals surface area contributed by atoms with Gasteiger partial charge in [-0.25, -0.2) is 0 Å². The fourth-order valence-electron chi connectivity index (χ4n) is 2.55. The van der Waals surface area contributed by atoms with Crippen molar-refractivity contribution in [1.29, 1.82) is 0 Å². The van der Waals surface area contributed by atoms with Gasteiger partial charge in [0.15, 0.2) is 0 Å². The number of ether oxygens (including phenoxy) is 1. The quantitative estimate of drug-likeness (QED) is 0.911. The van der Waals surface area contributed by atoms with Crippen LogP contribution in [0, 0.1) is 5.92 Å². The highest BCUT2D eigenvalue weighted by Gasteiger charge is 2.37. The van der Waals surface area contributed by atoms with E-state index in [2.05, 4.69) is 13.8 Å². The van der Waals surface area contributed by atoms with E-state index in [1.54, 1.807) is 0 Å². The second kappa shape index (κ2) is 6.01. The van der Waals surface area contributed by atoms with Crippen LogP contribution in [0.5, 0.6) is 0 Å². The molecular weight excluding hydrogens is 283 g/mol. The molecule has 1 aromatic rings.